The third-order valence-electron chi connectivity index (χ3n) is 4.50. The predicted octanol–water partition coefficient (Wildman–Crippen LogP) is 3.69. The number of rotatable bonds is 4. The summed E-state index contributed by atoms with van der Waals surface area (Å²) in [4.78, 5) is 26.3. The number of hydrogen-bond acceptors (Lipinski definition) is 2. The second-order valence-corrected chi connectivity index (χ2v) is 7.40. The number of carbonyl (C=O) groups is 2. The highest BCUT2D eigenvalue weighted by Crippen LogP contribution is 2.29. The van der Waals surface area contributed by atoms with Crippen molar-refractivity contribution in [2.75, 3.05) is 19.0 Å². The van der Waals surface area contributed by atoms with Gasteiger partial charge in [0.1, 0.15) is 0 Å². The van der Waals surface area contributed by atoms with E-state index in [2.05, 4.69) is 5.32 Å². The van der Waals surface area contributed by atoms with Gasteiger partial charge in [-0.2, -0.15) is 13.2 Å². The van der Waals surface area contributed by atoms with Gasteiger partial charge in [0.25, 0.3) is 5.91 Å². The molecule has 4 nitrogen and oxygen atoms in total. The topological polar surface area (TPSA) is 49.4 Å². The van der Waals surface area contributed by atoms with Crippen LogP contribution in [0.5, 0.6) is 0 Å². The second kappa shape index (κ2) is 7.86. The molecule has 8 heteroatoms. The van der Waals surface area contributed by atoms with Gasteiger partial charge in [-0.15, -0.1) is 11.6 Å². The Balaban J connectivity index is 1.89. The molecule has 0 bridgehead atoms. The Labute approximate surface area is 155 Å². The number of nitrogens with zero attached hydrogens (tertiary/aromatic N) is 1. The number of nitrogens with one attached hydrogen (secondary N) is 1. The van der Waals surface area contributed by atoms with Crippen LogP contribution in [-0.4, -0.2) is 41.7 Å². The van der Waals surface area contributed by atoms with E-state index in [-0.39, 0.29) is 23.4 Å². The number of carbonyl (C=O) groups excluding carboxylic acids is 2. The molecule has 1 saturated heterocycles. The molecule has 144 valence electrons. The largest absolute Gasteiger partial charge is 0.416 e. The van der Waals surface area contributed by atoms with Crippen molar-refractivity contribution in [2.45, 2.75) is 38.9 Å². The summed E-state index contributed by atoms with van der Waals surface area (Å²) in [5.41, 5.74) is -1.24. The maximum absolute atomic E-state index is 12.6. The highest BCUT2D eigenvalue weighted by Gasteiger charge is 2.34. The first-order chi connectivity index (χ1) is 12.0. The number of benzene rings is 1. The lowest BCUT2D eigenvalue weighted by atomic mass is 9.92. The van der Waals surface area contributed by atoms with Crippen molar-refractivity contribution < 1.29 is 22.8 Å². The Morgan fingerprint density at radius 3 is 2.15 bits per heavy atom. The van der Waals surface area contributed by atoms with Crippen LogP contribution < -0.4 is 5.32 Å². The number of alkyl halides is 4. The van der Waals surface area contributed by atoms with E-state index in [1.54, 1.807) is 18.7 Å². The Bertz CT molecular complexity index is 651. The molecule has 0 radical (unpaired) electrons. The third kappa shape index (κ3) is 4.90. The van der Waals surface area contributed by atoms with Gasteiger partial charge in [0.2, 0.25) is 5.91 Å². The van der Waals surface area contributed by atoms with Crippen LogP contribution >= 0.6 is 11.6 Å². The standard InChI is InChI=1S/C18H22ClF3N2O2/c1-17(2,11-19)16(26)24-9-7-14(8-10-24)23-15(25)12-3-5-13(6-4-12)18(20,21)22/h3-6,14H,7-11H2,1-2H3,(H,23,25). The molecule has 1 aromatic rings. The van der Waals surface area contributed by atoms with Crippen molar-refractivity contribution in [2.24, 2.45) is 5.41 Å². The van der Waals surface area contributed by atoms with Crippen LogP contribution in [0.25, 0.3) is 0 Å². The van der Waals surface area contributed by atoms with E-state index >= 15 is 0 Å². The molecule has 1 aliphatic rings. The summed E-state index contributed by atoms with van der Waals surface area (Å²) in [7, 11) is 0. The van der Waals surface area contributed by atoms with Crippen molar-refractivity contribution in [3.8, 4) is 0 Å². The second-order valence-electron chi connectivity index (χ2n) is 7.13. The van der Waals surface area contributed by atoms with E-state index in [1.807, 2.05) is 0 Å². The van der Waals surface area contributed by atoms with Gasteiger partial charge in [-0.25, -0.2) is 0 Å². The molecule has 0 atom stereocenters. The van der Waals surface area contributed by atoms with Crippen molar-refractivity contribution >= 4 is 23.4 Å². The predicted molar refractivity (Wildman–Crippen MR) is 93.0 cm³/mol. The fraction of sp³-hybridized carbons (Fsp3) is 0.556. The fourth-order valence-corrected chi connectivity index (χ4v) is 2.91. The summed E-state index contributed by atoms with van der Waals surface area (Å²) < 4.78 is 37.7. The van der Waals surface area contributed by atoms with E-state index in [4.69, 9.17) is 11.6 Å². The van der Waals surface area contributed by atoms with Gasteiger partial charge in [0.15, 0.2) is 0 Å². The lowest BCUT2D eigenvalue weighted by Crippen LogP contribution is -2.50. The Hall–Kier alpha value is -1.76. The van der Waals surface area contributed by atoms with Gasteiger partial charge in [-0.1, -0.05) is 0 Å². The van der Waals surface area contributed by atoms with Gasteiger partial charge in [-0.05, 0) is 51.0 Å². The minimum absolute atomic E-state index is 0.0139. The zero-order valence-electron chi connectivity index (χ0n) is 14.7. The summed E-state index contributed by atoms with van der Waals surface area (Å²) in [6.45, 7) is 4.61. The van der Waals surface area contributed by atoms with Crippen LogP contribution in [0.3, 0.4) is 0 Å². The summed E-state index contributed by atoms with van der Waals surface area (Å²) in [6, 6.07) is 4.00. The molecule has 0 spiro atoms. The van der Waals surface area contributed by atoms with Crippen LogP contribution in [-0.2, 0) is 11.0 Å². The highest BCUT2D eigenvalue weighted by atomic mass is 35.5. The van der Waals surface area contributed by atoms with E-state index in [0.29, 0.717) is 25.9 Å². The number of hydrogen-bond donors (Lipinski definition) is 1. The molecule has 2 amide bonds. The molecular weight excluding hydrogens is 369 g/mol. The molecule has 1 aromatic carbocycles. The van der Waals surface area contributed by atoms with E-state index in [0.717, 1.165) is 12.1 Å². The van der Waals surface area contributed by atoms with Crippen LogP contribution in [0.4, 0.5) is 13.2 Å². The molecule has 2 rings (SSSR count). The van der Waals surface area contributed by atoms with Gasteiger partial charge >= 0.3 is 6.18 Å². The van der Waals surface area contributed by atoms with Crippen LogP contribution in [0.15, 0.2) is 24.3 Å². The molecular formula is C18H22ClF3N2O2. The number of piperidine rings is 1. The molecule has 0 unspecified atom stereocenters. The van der Waals surface area contributed by atoms with Crippen LogP contribution in [0, 0.1) is 5.41 Å². The molecule has 26 heavy (non-hydrogen) atoms. The van der Waals surface area contributed by atoms with Crippen LogP contribution in [0.2, 0.25) is 0 Å². The Morgan fingerprint density at radius 2 is 1.69 bits per heavy atom. The SMILES string of the molecule is CC(C)(CCl)C(=O)N1CCC(NC(=O)c2ccc(C(F)(F)F)cc2)CC1. The molecule has 0 aromatic heterocycles. The monoisotopic (exact) mass is 390 g/mol. The summed E-state index contributed by atoms with van der Waals surface area (Å²) in [5.74, 6) is -0.194. The maximum Gasteiger partial charge on any atom is 0.416 e. The van der Waals surface area contributed by atoms with Crippen LogP contribution in [0.1, 0.15) is 42.6 Å². The average molecular weight is 391 g/mol. The minimum Gasteiger partial charge on any atom is -0.349 e. The lowest BCUT2D eigenvalue weighted by Gasteiger charge is -2.36. The fourth-order valence-electron chi connectivity index (χ4n) is 2.79. The van der Waals surface area contributed by atoms with E-state index in [1.165, 1.54) is 12.1 Å². The van der Waals surface area contributed by atoms with Crippen molar-refractivity contribution in [1.29, 1.82) is 0 Å². The first-order valence-electron chi connectivity index (χ1n) is 8.38. The molecule has 1 fully saturated rings. The zero-order chi connectivity index (χ0) is 19.5. The summed E-state index contributed by atoms with van der Waals surface area (Å²) in [6.07, 6.45) is -3.24. The van der Waals surface area contributed by atoms with E-state index in [9.17, 15) is 22.8 Å². The molecule has 1 aliphatic heterocycles. The minimum atomic E-state index is -4.43. The zero-order valence-corrected chi connectivity index (χ0v) is 15.5. The normalized spacial score (nSPS) is 16.5. The van der Waals surface area contributed by atoms with Gasteiger partial charge < -0.3 is 10.2 Å². The summed E-state index contributed by atoms with van der Waals surface area (Å²) >= 11 is 5.84. The molecule has 1 N–H and O–H groups in total. The molecule has 0 aliphatic carbocycles. The Kier molecular flexibility index (Phi) is 6.21. The first-order valence-corrected chi connectivity index (χ1v) is 8.91. The smallest absolute Gasteiger partial charge is 0.349 e. The van der Waals surface area contributed by atoms with Crippen molar-refractivity contribution in [3.05, 3.63) is 35.4 Å². The number of likely N-dealkylation sites (tertiary alicyclic amines) is 1. The quantitative estimate of drug-likeness (QED) is 0.797. The Morgan fingerprint density at radius 1 is 1.15 bits per heavy atom. The van der Waals surface area contributed by atoms with Crippen molar-refractivity contribution in [1.82, 2.24) is 10.2 Å². The third-order valence-corrected chi connectivity index (χ3v) is 5.17. The highest BCUT2D eigenvalue weighted by molar-refractivity contribution is 6.19. The number of amides is 2. The maximum atomic E-state index is 12.6. The number of halogens is 4. The van der Waals surface area contributed by atoms with Gasteiger partial charge in [0.05, 0.1) is 11.0 Å². The summed E-state index contributed by atoms with van der Waals surface area (Å²) in [5, 5.41) is 2.82. The van der Waals surface area contributed by atoms with Gasteiger partial charge in [-0.3, -0.25) is 9.59 Å². The van der Waals surface area contributed by atoms with E-state index < -0.39 is 23.1 Å². The molecule has 1 heterocycles. The van der Waals surface area contributed by atoms with Crippen molar-refractivity contribution in [3.63, 3.8) is 0 Å². The first kappa shape index (κ1) is 20.6. The lowest BCUT2D eigenvalue weighted by molar-refractivity contribution is -0.140. The average Bonchev–Trinajstić information content (AvgIpc) is 2.61. The molecule has 0 saturated carbocycles. The van der Waals surface area contributed by atoms with Gasteiger partial charge in [0, 0.05) is 30.6 Å².